The van der Waals surface area contributed by atoms with Crippen LogP contribution in [0.5, 0.6) is 11.5 Å². The highest BCUT2D eigenvalue weighted by Crippen LogP contribution is 2.27. The highest BCUT2D eigenvalue weighted by Gasteiger charge is 2.11. The highest BCUT2D eigenvalue weighted by molar-refractivity contribution is 5.79. The monoisotopic (exact) mass is 371 g/mol. The van der Waals surface area contributed by atoms with Crippen molar-refractivity contribution < 1.29 is 14.6 Å². The van der Waals surface area contributed by atoms with Crippen molar-refractivity contribution >= 4 is 5.96 Å². The third-order valence-corrected chi connectivity index (χ3v) is 4.22. The first kappa shape index (κ1) is 20.6. The van der Waals surface area contributed by atoms with Gasteiger partial charge in [0.25, 0.3) is 0 Å². The Morgan fingerprint density at radius 3 is 2.41 bits per heavy atom. The van der Waals surface area contributed by atoms with Gasteiger partial charge in [-0.2, -0.15) is 0 Å². The molecule has 146 valence electrons. The molecule has 6 nitrogen and oxygen atoms in total. The third kappa shape index (κ3) is 6.18. The van der Waals surface area contributed by atoms with Gasteiger partial charge < -0.3 is 25.2 Å². The second kappa shape index (κ2) is 11.1. The normalized spacial score (nSPS) is 12.4. The lowest BCUT2D eigenvalue weighted by atomic mass is 10.0. The van der Waals surface area contributed by atoms with Crippen LogP contribution in [0.2, 0.25) is 0 Å². The Hall–Kier alpha value is -2.73. The first-order chi connectivity index (χ1) is 13.2. The van der Waals surface area contributed by atoms with Crippen LogP contribution in [0.25, 0.3) is 0 Å². The van der Waals surface area contributed by atoms with Crippen LogP contribution in [0.1, 0.15) is 24.0 Å². The summed E-state index contributed by atoms with van der Waals surface area (Å²) in [6, 6.07) is 15.7. The van der Waals surface area contributed by atoms with Gasteiger partial charge in [-0.15, -0.1) is 0 Å². The predicted molar refractivity (Wildman–Crippen MR) is 109 cm³/mol. The molecule has 1 unspecified atom stereocenters. The number of nitrogens with one attached hydrogen (secondary N) is 2. The number of benzene rings is 2. The maximum absolute atomic E-state index is 9.71. The van der Waals surface area contributed by atoms with E-state index < -0.39 is 0 Å². The van der Waals surface area contributed by atoms with Crippen molar-refractivity contribution in [2.24, 2.45) is 4.99 Å². The largest absolute Gasteiger partial charge is 0.493 e. The minimum Gasteiger partial charge on any atom is -0.493 e. The predicted octanol–water partition coefficient (Wildman–Crippen LogP) is 2.54. The first-order valence-corrected chi connectivity index (χ1v) is 9.10. The quantitative estimate of drug-likeness (QED) is 0.467. The number of aliphatic imine (C=N–C) groups is 1. The molecular weight excluding hydrogens is 342 g/mol. The topological polar surface area (TPSA) is 75.1 Å². The van der Waals surface area contributed by atoms with Crippen molar-refractivity contribution in [3.8, 4) is 11.5 Å². The van der Waals surface area contributed by atoms with Crippen LogP contribution >= 0.6 is 0 Å². The summed E-state index contributed by atoms with van der Waals surface area (Å²) in [6.45, 7) is 3.95. The fourth-order valence-electron chi connectivity index (χ4n) is 2.72. The molecule has 0 saturated heterocycles. The number of guanidine groups is 1. The van der Waals surface area contributed by atoms with Crippen molar-refractivity contribution in [3.63, 3.8) is 0 Å². The van der Waals surface area contributed by atoms with Crippen LogP contribution in [0.4, 0.5) is 0 Å². The Balaban J connectivity index is 2.03. The van der Waals surface area contributed by atoms with Gasteiger partial charge in [0.1, 0.15) is 0 Å². The molecule has 0 aromatic heterocycles. The van der Waals surface area contributed by atoms with Crippen LogP contribution in [0.3, 0.4) is 0 Å². The van der Waals surface area contributed by atoms with Gasteiger partial charge >= 0.3 is 0 Å². The average molecular weight is 371 g/mol. The lowest BCUT2D eigenvalue weighted by molar-refractivity contribution is 0.265. The molecule has 2 aromatic carbocycles. The maximum atomic E-state index is 9.71. The molecular formula is C21H29N3O3. The van der Waals surface area contributed by atoms with Crippen molar-refractivity contribution in [2.75, 3.05) is 33.9 Å². The second-order valence-corrected chi connectivity index (χ2v) is 6.06. The molecule has 0 aliphatic heterocycles. The van der Waals surface area contributed by atoms with E-state index >= 15 is 0 Å². The number of hydrogen-bond acceptors (Lipinski definition) is 4. The van der Waals surface area contributed by atoms with Crippen LogP contribution in [0.15, 0.2) is 53.5 Å². The Morgan fingerprint density at radius 2 is 1.78 bits per heavy atom. The second-order valence-electron chi connectivity index (χ2n) is 6.06. The molecule has 0 aliphatic rings. The molecule has 0 aliphatic carbocycles. The molecule has 0 spiro atoms. The van der Waals surface area contributed by atoms with E-state index in [-0.39, 0.29) is 12.5 Å². The standard InChI is InChI=1S/C21H29N3O3/c1-4-22-21(24-14-18(15-25)17-8-6-5-7-9-17)23-13-16-10-11-19(26-2)20(12-16)27-3/h5-12,18,25H,4,13-15H2,1-3H3,(H2,22,23,24). The SMILES string of the molecule is CCNC(=NCc1ccc(OC)c(OC)c1)NCC(CO)c1ccccc1. The minimum atomic E-state index is 0.0103. The van der Waals surface area contributed by atoms with Crippen molar-refractivity contribution in [1.29, 1.82) is 0 Å². The van der Waals surface area contributed by atoms with Crippen LogP contribution in [-0.4, -0.2) is 45.0 Å². The molecule has 2 aromatic rings. The summed E-state index contributed by atoms with van der Waals surface area (Å²) >= 11 is 0. The van der Waals surface area contributed by atoms with Gasteiger partial charge in [-0.3, -0.25) is 0 Å². The smallest absolute Gasteiger partial charge is 0.191 e. The fraction of sp³-hybridized carbons (Fsp3) is 0.381. The summed E-state index contributed by atoms with van der Waals surface area (Å²) in [7, 11) is 3.24. The van der Waals surface area contributed by atoms with E-state index in [1.54, 1.807) is 14.2 Å². The Morgan fingerprint density at radius 1 is 1.04 bits per heavy atom. The molecule has 6 heteroatoms. The zero-order chi connectivity index (χ0) is 19.5. The van der Waals surface area contributed by atoms with Gasteiger partial charge in [-0.05, 0) is 30.2 Å². The fourth-order valence-corrected chi connectivity index (χ4v) is 2.72. The van der Waals surface area contributed by atoms with E-state index in [4.69, 9.17) is 9.47 Å². The van der Waals surface area contributed by atoms with E-state index in [1.165, 1.54) is 0 Å². The summed E-state index contributed by atoms with van der Waals surface area (Å²) in [5, 5.41) is 16.3. The summed E-state index contributed by atoms with van der Waals surface area (Å²) in [5.41, 5.74) is 2.12. The van der Waals surface area contributed by atoms with E-state index in [1.807, 2.05) is 55.5 Å². The van der Waals surface area contributed by atoms with E-state index in [9.17, 15) is 5.11 Å². The van der Waals surface area contributed by atoms with E-state index in [0.717, 1.165) is 17.7 Å². The molecule has 3 N–H and O–H groups in total. The van der Waals surface area contributed by atoms with Gasteiger partial charge in [-0.1, -0.05) is 36.4 Å². The number of hydrogen-bond donors (Lipinski definition) is 3. The molecule has 0 saturated carbocycles. The molecule has 0 bridgehead atoms. The Kier molecular flexibility index (Phi) is 8.45. The van der Waals surface area contributed by atoms with Crippen LogP contribution < -0.4 is 20.1 Å². The molecule has 27 heavy (non-hydrogen) atoms. The summed E-state index contributed by atoms with van der Waals surface area (Å²) in [5.74, 6) is 2.11. The number of nitrogens with zero attached hydrogens (tertiary/aromatic N) is 1. The van der Waals surface area contributed by atoms with Gasteiger partial charge in [0.15, 0.2) is 17.5 Å². The van der Waals surface area contributed by atoms with Gasteiger partial charge in [0.05, 0.1) is 27.4 Å². The molecule has 0 radical (unpaired) electrons. The Labute approximate surface area is 161 Å². The molecule has 0 heterocycles. The molecule has 1 atom stereocenters. The van der Waals surface area contributed by atoms with Gasteiger partial charge in [0.2, 0.25) is 0 Å². The van der Waals surface area contributed by atoms with E-state index in [2.05, 4.69) is 15.6 Å². The summed E-state index contributed by atoms with van der Waals surface area (Å²) < 4.78 is 10.6. The lowest BCUT2D eigenvalue weighted by Gasteiger charge is -2.18. The lowest BCUT2D eigenvalue weighted by Crippen LogP contribution is -2.39. The van der Waals surface area contributed by atoms with Crippen molar-refractivity contribution in [3.05, 3.63) is 59.7 Å². The highest BCUT2D eigenvalue weighted by atomic mass is 16.5. The van der Waals surface area contributed by atoms with Crippen molar-refractivity contribution in [2.45, 2.75) is 19.4 Å². The Bertz CT molecular complexity index is 720. The maximum Gasteiger partial charge on any atom is 0.191 e. The van der Waals surface area contributed by atoms with Crippen LogP contribution in [0, 0.1) is 0 Å². The number of methoxy groups -OCH3 is 2. The number of ether oxygens (including phenoxy) is 2. The number of aliphatic hydroxyl groups is 1. The summed E-state index contributed by atoms with van der Waals surface area (Å²) in [6.07, 6.45) is 0. The van der Waals surface area contributed by atoms with Crippen molar-refractivity contribution in [1.82, 2.24) is 10.6 Å². The number of aliphatic hydroxyl groups excluding tert-OH is 1. The zero-order valence-electron chi connectivity index (χ0n) is 16.2. The van der Waals surface area contributed by atoms with E-state index in [0.29, 0.717) is 30.5 Å². The zero-order valence-corrected chi connectivity index (χ0v) is 16.2. The third-order valence-electron chi connectivity index (χ3n) is 4.22. The first-order valence-electron chi connectivity index (χ1n) is 9.10. The molecule has 0 amide bonds. The average Bonchev–Trinajstić information content (AvgIpc) is 2.72. The molecule has 2 rings (SSSR count). The number of rotatable bonds is 9. The van der Waals surface area contributed by atoms with Gasteiger partial charge in [0, 0.05) is 19.0 Å². The van der Waals surface area contributed by atoms with Crippen LogP contribution in [-0.2, 0) is 6.54 Å². The van der Waals surface area contributed by atoms with Gasteiger partial charge in [-0.25, -0.2) is 4.99 Å². The molecule has 0 fully saturated rings. The minimum absolute atomic E-state index is 0.0103. The summed E-state index contributed by atoms with van der Waals surface area (Å²) in [4.78, 5) is 4.63.